The molecule has 0 heterocycles. The standard InChI is InChI=1S/C18H24O2/c1-4-5-6-7-11-14-18(2,3)20-17(19)15-16-12-9-8-10-13-16/h4,8-14H,1,5-7,15H2,2-3H3/b14-11+. The van der Waals surface area contributed by atoms with E-state index >= 15 is 0 Å². The Morgan fingerprint density at radius 2 is 1.95 bits per heavy atom. The number of carbonyl (C=O) groups excluding carboxylic acids is 1. The third kappa shape index (κ3) is 6.93. The second-order valence-electron chi connectivity index (χ2n) is 5.36. The zero-order valence-electron chi connectivity index (χ0n) is 12.5. The maximum atomic E-state index is 11.9. The number of esters is 1. The number of hydrogen-bond donors (Lipinski definition) is 0. The van der Waals surface area contributed by atoms with E-state index in [1.54, 1.807) is 0 Å². The van der Waals surface area contributed by atoms with Crippen molar-refractivity contribution in [3.8, 4) is 0 Å². The lowest BCUT2D eigenvalue weighted by atomic mass is 10.1. The summed E-state index contributed by atoms with van der Waals surface area (Å²) in [6.45, 7) is 7.50. The fourth-order valence-electron chi connectivity index (χ4n) is 1.87. The summed E-state index contributed by atoms with van der Waals surface area (Å²) in [6, 6.07) is 9.64. The smallest absolute Gasteiger partial charge is 0.311 e. The predicted molar refractivity (Wildman–Crippen MR) is 83.5 cm³/mol. The van der Waals surface area contributed by atoms with Crippen LogP contribution in [-0.4, -0.2) is 11.6 Å². The highest BCUT2D eigenvalue weighted by Gasteiger charge is 2.19. The van der Waals surface area contributed by atoms with Crippen molar-refractivity contribution in [2.24, 2.45) is 0 Å². The molecule has 0 atom stereocenters. The summed E-state index contributed by atoms with van der Waals surface area (Å²) in [4.78, 5) is 11.9. The summed E-state index contributed by atoms with van der Waals surface area (Å²) in [5.41, 5.74) is 0.420. The molecular weight excluding hydrogens is 248 g/mol. The Morgan fingerprint density at radius 3 is 2.60 bits per heavy atom. The molecule has 20 heavy (non-hydrogen) atoms. The maximum absolute atomic E-state index is 11.9. The van der Waals surface area contributed by atoms with Gasteiger partial charge in [-0.1, -0.05) is 42.5 Å². The number of ether oxygens (including phenoxy) is 1. The van der Waals surface area contributed by atoms with Gasteiger partial charge in [-0.25, -0.2) is 0 Å². The zero-order chi connectivity index (χ0) is 14.8. The molecule has 0 aliphatic rings. The van der Waals surface area contributed by atoms with Gasteiger partial charge in [-0.3, -0.25) is 4.79 Å². The summed E-state index contributed by atoms with van der Waals surface area (Å²) in [7, 11) is 0. The van der Waals surface area contributed by atoms with E-state index in [2.05, 4.69) is 12.7 Å². The van der Waals surface area contributed by atoms with Crippen molar-refractivity contribution in [1.82, 2.24) is 0 Å². The molecule has 0 saturated carbocycles. The lowest BCUT2D eigenvalue weighted by molar-refractivity contribution is -0.151. The van der Waals surface area contributed by atoms with Gasteiger partial charge in [0.2, 0.25) is 0 Å². The summed E-state index contributed by atoms with van der Waals surface area (Å²) < 4.78 is 5.50. The Balaban J connectivity index is 2.40. The minimum atomic E-state index is -0.556. The molecule has 0 fully saturated rings. The van der Waals surface area contributed by atoms with Gasteiger partial charge in [0.05, 0.1) is 6.42 Å². The average molecular weight is 272 g/mol. The monoisotopic (exact) mass is 272 g/mol. The first kappa shape index (κ1) is 16.2. The molecule has 0 radical (unpaired) electrons. The van der Waals surface area contributed by atoms with Gasteiger partial charge >= 0.3 is 5.97 Å². The van der Waals surface area contributed by atoms with E-state index in [4.69, 9.17) is 4.74 Å². The lowest BCUT2D eigenvalue weighted by Gasteiger charge is -2.21. The van der Waals surface area contributed by atoms with Gasteiger partial charge in [0, 0.05) is 0 Å². The van der Waals surface area contributed by atoms with Crippen LogP contribution in [-0.2, 0) is 16.0 Å². The van der Waals surface area contributed by atoms with Crippen LogP contribution in [0.1, 0.15) is 38.7 Å². The molecule has 1 aromatic rings. The third-order valence-corrected chi connectivity index (χ3v) is 2.87. The van der Waals surface area contributed by atoms with E-state index in [-0.39, 0.29) is 5.97 Å². The topological polar surface area (TPSA) is 26.3 Å². The van der Waals surface area contributed by atoms with Gasteiger partial charge in [-0.15, -0.1) is 6.58 Å². The summed E-state index contributed by atoms with van der Waals surface area (Å²) >= 11 is 0. The van der Waals surface area contributed by atoms with Crippen LogP contribution < -0.4 is 0 Å². The lowest BCUT2D eigenvalue weighted by Crippen LogP contribution is -2.26. The molecule has 0 amide bonds. The van der Waals surface area contributed by atoms with E-state index in [0.29, 0.717) is 6.42 Å². The maximum Gasteiger partial charge on any atom is 0.311 e. The van der Waals surface area contributed by atoms with Gasteiger partial charge in [-0.2, -0.15) is 0 Å². The molecule has 0 aliphatic carbocycles. The van der Waals surface area contributed by atoms with Crippen LogP contribution in [0, 0.1) is 0 Å². The van der Waals surface area contributed by atoms with E-state index < -0.39 is 5.60 Å². The number of allylic oxidation sites excluding steroid dienone is 2. The third-order valence-electron chi connectivity index (χ3n) is 2.87. The highest BCUT2D eigenvalue weighted by atomic mass is 16.6. The molecule has 0 bridgehead atoms. The van der Waals surface area contributed by atoms with Crippen molar-refractivity contribution in [3.63, 3.8) is 0 Å². The van der Waals surface area contributed by atoms with Gasteiger partial charge in [0.15, 0.2) is 0 Å². The van der Waals surface area contributed by atoms with Crippen LogP contribution >= 0.6 is 0 Å². The summed E-state index contributed by atoms with van der Waals surface area (Å²) in [5.74, 6) is -0.197. The first-order chi connectivity index (χ1) is 9.53. The number of unbranched alkanes of at least 4 members (excludes halogenated alkanes) is 2. The summed E-state index contributed by atoms with van der Waals surface area (Å²) in [5, 5.41) is 0. The highest BCUT2D eigenvalue weighted by Crippen LogP contribution is 2.14. The van der Waals surface area contributed by atoms with E-state index in [9.17, 15) is 4.79 Å². The number of carbonyl (C=O) groups is 1. The van der Waals surface area contributed by atoms with Crippen LogP contribution in [0.25, 0.3) is 0 Å². The Morgan fingerprint density at radius 1 is 1.25 bits per heavy atom. The Kier molecular flexibility index (Phi) is 6.78. The van der Waals surface area contributed by atoms with E-state index in [1.165, 1.54) is 0 Å². The second kappa shape index (κ2) is 8.36. The van der Waals surface area contributed by atoms with Crippen LogP contribution in [0.3, 0.4) is 0 Å². The summed E-state index contributed by atoms with van der Waals surface area (Å²) in [6.07, 6.45) is 9.32. The molecule has 0 N–H and O–H groups in total. The molecule has 2 nitrogen and oxygen atoms in total. The van der Waals surface area contributed by atoms with Crippen LogP contribution in [0.4, 0.5) is 0 Å². The molecule has 1 aromatic carbocycles. The van der Waals surface area contributed by atoms with Crippen LogP contribution in [0.5, 0.6) is 0 Å². The highest BCUT2D eigenvalue weighted by molar-refractivity contribution is 5.73. The second-order valence-corrected chi connectivity index (χ2v) is 5.36. The molecule has 0 spiro atoms. The van der Waals surface area contributed by atoms with Crippen molar-refractivity contribution in [2.45, 2.75) is 45.1 Å². The first-order valence-electron chi connectivity index (χ1n) is 7.08. The molecule has 1 rings (SSSR count). The Bertz CT molecular complexity index is 444. The zero-order valence-corrected chi connectivity index (χ0v) is 12.5. The minimum absolute atomic E-state index is 0.197. The molecular formula is C18H24O2. The molecule has 108 valence electrons. The van der Waals surface area contributed by atoms with E-state index in [0.717, 1.165) is 24.8 Å². The Labute approximate surface area is 122 Å². The molecule has 2 heteroatoms. The quantitative estimate of drug-likeness (QED) is 0.396. The van der Waals surface area contributed by atoms with Crippen molar-refractivity contribution < 1.29 is 9.53 Å². The van der Waals surface area contributed by atoms with Gasteiger partial charge < -0.3 is 4.74 Å². The van der Waals surface area contributed by atoms with Gasteiger partial charge in [0.25, 0.3) is 0 Å². The molecule has 0 unspecified atom stereocenters. The van der Waals surface area contributed by atoms with Crippen molar-refractivity contribution >= 4 is 5.97 Å². The van der Waals surface area contributed by atoms with Crippen LogP contribution in [0.2, 0.25) is 0 Å². The fourth-order valence-corrected chi connectivity index (χ4v) is 1.87. The Hall–Kier alpha value is -1.83. The van der Waals surface area contributed by atoms with Gasteiger partial charge in [-0.05, 0) is 44.7 Å². The van der Waals surface area contributed by atoms with Crippen molar-refractivity contribution in [1.29, 1.82) is 0 Å². The number of hydrogen-bond acceptors (Lipinski definition) is 2. The van der Waals surface area contributed by atoms with Crippen LogP contribution in [0.15, 0.2) is 55.1 Å². The van der Waals surface area contributed by atoms with E-state index in [1.807, 2.05) is 56.3 Å². The molecule has 0 aliphatic heterocycles. The normalized spacial score (nSPS) is 11.5. The first-order valence-corrected chi connectivity index (χ1v) is 7.08. The number of benzene rings is 1. The predicted octanol–water partition coefficient (Wildman–Crippen LogP) is 4.46. The average Bonchev–Trinajstić information content (AvgIpc) is 2.38. The molecule has 0 saturated heterocycles. The SMILES string of the molecule is C=CCCC/C=C/C(C)(C)OC(=O)Cc1ccccc1. The van der Waals surface area contributed by atoms with Crippen molar-refractivity contribution in [3.05, 3.63) is 60.7 Å². The largest absolute Gasteiger partial charge is 0.455 e. The van der Waals surface area contributed by atoms with Crippen molar-refractivity contribution in [2.75, 3.05) is 0 Å². The van der Waals surface area contributed by atoms with Gasteiger partial charge in [0.1, 0.15) is 5.60 Å². The number of rotatable bonds is 8. The molecule has 0 aromatic heterocycles. The minimum Gasteiger partial charge on any atom is -0.455 e. The fraction of sp³-hybridized carbons (Fsp3) is 0.389.